The predicted octanol–water partition coefficient (Wildman–Crippen LogP) is 4.23. The lowest BCUT2D eigenvalue weighted by atomic mass is 9.94. The second kappa shape index (κ2) is 7.21. The molecule has 4 heterocycles. The van der Waals surface area contributed by atoms with E-state index in [0.29, 0.717) is 5.92 Å². The maximum absolute atomic E-state index is 4.84. The van der Waals surface area contributed by atoms with Crippen molar-refractivity contribution < 1.29 is 0 Å². The molecular formula is C21H21N5S. The summed E-state index contributed by atoms with van der Waals surface area (Å²) in [6.45, 7) is 3.23. The van der Waals surface area contributed by atoms with Gasteiger partial charge in [0.15, 0.2) is 5.65 Å². The van der Waals surface area contributed by atoms with E-state index in [0.717, 1.165) is 36.5 Å². The van der Waals surface area contributed by atoms with Gasteiger partial charge in [0.2, 0.25) is 0 Å². The third kappa shape index (κ3) is 3.38. The van der Waals surface area contributed by atoms with Crippen molar-refractivity contribution in [2.24, 2.45) is 0 Å². The molecule has 3 aromatic heterocycles. The highest BCUT2D eigenvalue weighted by atomic mass is 32.1. The molecule has 1 aromatic carbocycles. The molecule has 0 amide bonds. The fourth-order valence-corrected chi connectivity index (χ4v) is 4.51. The molecule has 136 valence electrons. The first kappa shape index (κ1) is 16.6. The summed E-state index contributed by atoms with van der Waals surface area (Å²) in [6.07, 6.45) is 6.19. The lowest BCUT2D eigenvalue weighted by Gasteiger charge is -2.33. The van der Waals surface area contributed by atoms with Crippen LogP contribution in [-0.4, -0.2) is 37.0 Å². The number of likely N-dealkylation sites (tertiary alicyclic amines) is 1. The van der Waals surface area contributed by atoms with Gasteiger partial charge in [0.25, 0.3) is 0 Å². The summed E-state index contributed by atoms with van der Waals surface area (Å²) in [5, 5.41) is 6.87. The summed E-state index contributed by atoms with van der Waals surface area (Å²) < 4.78 is 6.23. The van der Waals surface area contributed by atoms with E-state index in [4.69, 9.17) is 5.10 Å². The number of nitrogens with zero attached hydrogens (tertiary/aromatic N) is 5. The summed E-state index contributed by atoms with van der Waals surface area (Å²) in [4.78, 5) is 7.08. The Kier molecular flexibility index (Phi) is 4.43. The molecule has 1 fully saturated rings. The maximum atomic E-state index is 4.84. The maximum Gasteiger partial charge on any atom is 0.155 e. The van der Waals surface area contributed by atoms with Crippen molar-refractivity contribution in [2.75, 3.05) is 13.1 Å². The normalized spacial score (nSPS) is 18.1. The van der Waals surface area contributed by atoms with Crippen LogP contribution in [0.1, 0.15) is 30.0 Å². The first-order valence-corrected chi connectivity index (χ1v) is 10.2. The molecular weight excluding hydrogens is 354 g/mol. The highest BCUT2D eigenvalue weighted by Gasteiger charge is 2.24. The molecule has 0 radical (unpaired) electrons. The highest BCUT2D eigenvalue weighted by Crippen LogP contribution is 2.29. The van der Waals surface area contributed by atoms with E-state index in [1.807, 2.05) is 22.3 Å². The fourth-order valence-electron chi connectivity index (χ4n) is 3.98. The number of piperidine rings is 1. The number of benzene rings is 1. The minimum Gasteiger partial charge on any atom is -0.298 e. The fraction of sp³-hybridized carbons (Fsp3) is 0.286. The van der Waals surface area contributed by atoms with Gasteiger partial charge in [0.05, 0.1) is 17.6 Å². The van der Waals surface area contributed by atoms with E-state index < -0.39 is 0 Å². The van der Waals surface area contributed by atoms with E-state index in [1.165, 1.54) is 35.6 Å². The van der Waals surface area contributed by atoms with Crippen LogP contribution in [0.2, 0.25) is 0 Å². The Morgan fingerprint density at radius 3 is 2.93 bits per heavy atom. The molecule has 1 unspecified atom stereocenters. The van der Waals surface area contributed by atoms with Crippen LogP contribution in [0.25, 0.3) is 16.9 Å². The van der Waals surface area contributed by atoms with Crippen molar-refractivity contribution in [3.8, 4) is 11.3 Å². The molecule has 4 aromatic rings. The van der Waals surface area contributed by atoms with Gasteiger partial charge in [0.1, 0.15) is 0 Å². The highest BCUT2D eigenvalue weighted by molar-refractivity contribution is 7.03. The van der Waals surface area contributed by atoms with Gasteiger partial charge in [-0.3, -0.25) is 4.90 Å². The smallest absolute Gasteiger partial charge is 0.155 e. The monoisotopic (exact) mass is 375 g/mol. The Balaban J connectivity index is 1.42. The van der Waals surface area contributed by atoms with Crippen molar-refractivity contribution in [1.29, 1.82) is 0 Å². The van der Waals surface area contributed by atoms with E-state index in [-0.39, 0.29) is 0 Å². The second-order valence-electron chi connectivity index (χ2n) is 7.14. The number of hydrogen-bond acceptors (Lipinski definition) is 5. The molecule has 1 aliphatic heterocycles. The van der Waals surface area contributed by atoms with Crippen LogP contribution in [0.5, 0.6) is 0 Å². The van der Waals surface area contributed by atoms with Crippen molar-refractivity contribution in [3.63, 3.8) is 0 Å². The van der Waals surface area contributed by atoms with Crippen LogP contribution in [0.4, 0.5) is 0 Å². The molecule has 0 spiro atoms. The molecule has 6 heteroatoms. The third-order valence-electron chi connectivity index (χ3n) is 5.29. The van der Waals surface area contributed by atoms with E-state index in [1.54, 1.807) is 0 Å². The van der Waals surface area contributed by atoms with E-state index >= 15 is 0 Å². The summed E-state index contributed by atoms with van der Waals surface area (Å²) in [6, 6.07) is 14.9. The number of rotatable bonds is 4. The van der Waals surface area contributed by atoms with Crippen molar-refractivity contribution in [1.82, 2.24) is 23.9 Å². The number of hydrogen-bond donors (Lipinski definition) is 0. The van der Waals surface area contributed by atoms with Gasteiger partial charge >= 0.3 is 0 Å². The van der Waals surface area contributed by atoms with Crippen molar-refractivity contribution >= 4 is 17.2 Å². The Hall–Kier alpha value is -2.57. The van der Waals surface area contributed by atoms with Gasteiger partial charge in [-0.05, 0) is 42.5 Å². The van der Waals surface area contributed by atoms with Gasteiger partial charge in [-0.2, -0.15) is 5.10 Å². The molecule has 0 N–H and O–H groups in total. The quantitative estimate of drug-likeness (QED) is 0.535. The van der Waals surface area contributed by atoms with E-state index in [2.05, 4.69) is 56.7 Å². The van der Waals surface area contributed by atoms with Gasteiger partial charge in [-0.1, -0.05) is 30.3 Å². The molecule has 0 bridgehead atoms. The Labute approximate surface area is 162 Å². The van der Waals surface area contributed by atoms with Gasteiger partial charge < -0.3 is 0 Å². The standard InChI is InChI=1S/C21H21N5S/c1-2-5-16(6-3-1)13-25-10-4-7-17(14-25)20-8-9-22-21-11-19(24-26(20)21)18-12-23-27-15-18/h1-3,5-6,8-9,11-12,15,17H,4,7,10,13-14H2. The molecule has 1 atom stereocenters. The second-order valence-corrected chi connectivity index (χ2v) is 7.80. The van der Waals surface area contributed by atoms with Crippen molar-refractivity contribution in [3.05, 3.63) is 71.5 Å². The van der Waals surface area contributed by atoms with Gasteiger partial charge in [-0.15, -0.1) is 0 Å². The lowest BCUT2D eigenvalue weighted by Crippen LogP contribution is -2.34. The number of aromatic nitrogens is 4. The third-order valence-corrected chi connectivity index (χ3v) is 5.87. The summed E-state index contributed by atoms with van der Waals surface area (Å²) >= 11 is 1.45. The summed E-state index contributed by atoms with van der Waals surface area (Å²) in [5.74, 6) is 0.473. The lowest BCUT2D eigenvalue weighted by molar-refractivity contribution is 0.197. The van der Waals surface area contributed by atoms with Crippen LogP contribution in [0, 0.1) is 0 Å². The zero-order valence-electron chi connectivity index (χ0n) is 15.0. The first-order chi connectivity index (χ1) is 13.4. The predicted molar refractivity (Wildman–Crippen MR) is 108 cm³/mol. The Morgan fingerprint density at radius 2 is 2.07 bits per heavy atom. The zero-order valence-corrected chi connectivity index (χ0v) is 15.8. The molecule has 1 aliphatic rings. The average Bonchev–Trinajstić information content (AvgIpc) is 3.38. The van der Waals surface area contributed by atoms with Crippen LogP contribution < -0.4 is 0 Å². The van der Waals surface area contributed by atoms with E-state index in [9.17, 15) is 0 Å². The average molecular weight is 376 g/mol. The topological polar surface area (TPSA) is 46.3 Å². The molecule has 5 rings (SSSR count). The van der Waals surface area contributed by atoms with Crippen LogP contribution >= 0.6 is 11.5 Å². The minimum atomic E-state index is 0.473. The largest absolute Gasteiger partial charge is 0.298 e. The van der Waals surface area contributed by atoms with Crippen LogP contribution in [0.15, 0.2) is 60.2 Å². The molecule has 27 heavy (non-hydrogen) atoms. The van der Waals surface area contributed by atoms with Crippen LogP contribution in [0.3, 0.4) is 0 Å². The molecule has 0 saturated carbocycles. The SMILES string of the molecule is c1ccc(CN2CCCC(c3ccnc4cc(-c5cnsc5)nn34)C2)cc1. The molecule has 5 nitrogen and oxygen atoms in total. The minimum absolute atomic E-state index is 0.473. The van der Waals surface area contributed by atoms with Gasteiger partial charge in [0, 0.05) is 42.2 Å². The summed E-state index contributed by atoms with van der Waals surface area (Å²) in [7, 11) is 0. The van der Waals surface area contributed by atoms with Crippen LogP contribution in [-0.2, 0) is 6.54 Å². The van der Waals surface area contributed by atoms with Crippen molar-refractivity contribution in [2.45, 2.75) is 25.3 Å². The zero-order chi connectivity index (χ0) is 18.1. The number of fused-ring (bicyclic) bond motifs is 1. The van der Waals surface area contributed by atoms with Gasteiger partial charge in [-0.25, -0.2) is 13.9 Å². The molecule has 0 aliphatic carbocycles. The Morgan fingerprint density at radius 1 is 1.15 bits per heavy atom. The first-order valence-electron chi connectivity index (χ1n) is 9.37. The summed E-state index contributed by atoms with van der Waals surface area (Å²) in [5.41, 5.74) is 5.55. The molecule has 1 saturated heterocycles. The Bertz CT molecular complexity index is 1030.